The summed E-state index contributed by atoms with van der Waals surface area (Å²) >= 11 is 0. The van der Waals surface area contributed by atoms with Crippen LogP contribution in [0.3, 0.4) is 0 Å². The van der Waals surface area contributed by atoms with Crippen molar-refractivity contribution in [1.29, 1.82) is 0 Å². The zero-order chi connectivity index (χ0) is 19.4. The molecule has 0 aliphatic carbocycles. The number of benzene rings is 1. The van der Waals surface area contributed by atoms with Gasteiger partial charge in [0.05, 0.1) is 13.8 Å². The third kappa shape index (κ3) is 4.56. The summed E-state index contributed by atoms with van der Waals surface area (Å²) in [7, 11) is 1.58. The first-order valence-corrected chi connectivity index (χ1v) is 9.40. The van der Waals surface area contributed by atoms with Crippen molar-refractivity contribution < 1.29 is 18.7 Å². The number of imide groups is 1. The van der Waals surface area contributed by atoms with E-state index < -0.39 is 0 Å². The predicted molar refractivity (Wildman–Crippen MR) is 98.7 cm³/mol. The number of nitrogens with one attached hydrogen (secondary N) is 1. The Kier molecular flexibility index (Phi) is 6.28. The Morgan fingerprint density at radius 3 is 2.56 bits per heavy atom. The highest BCUT2D eigenvalue weighted by Crippen LogP contribution is 2.22. The lowest BCUT2D eigenvalue weighted by Gasteiger charge is -2.36. The Hall–Kier alpha value is -2.19. The van der Waals surface area contributed by atoms with Crippen LogP contribution in [0.15, 0.2) is 18.2 Å². The second kappa shape index (κ2) is 8.67. The van der Waals surface area contributed by atoms with Crippen LogP contribution in [0.5, 0.6) is 5.75 Å². The van der Waals surface area contributed by atoms with Gasteiger partial charge in [0.2, 0.25) is 0 Å². The van der Waals surface area contributed by atoms with Gasteiger partial charge < -0.3 is 10.1 Å². The molecule has 1 N–H and O–H groups in total. The van der Waals surface area contributed by atoms with Crippen LogP contribution < -0.4 is 10.1 Å². The summed E-state index contributed by atoms with van der Waals surface area (Å²) in [4.78, 5) is 30.0. The lowest BCUT2D eigenvalue weighted by molar-refractivity contribution is -0.129. The number of ether oxygens (including phenoxy) is 1. The van der Waals surface area contributed by atoms with Gasteiger partial charge >= 0.3 is 6.03 Å². The minimum Gasteiger partial charge on any atom is -0.496 e. The van der Waals surface area contributed by atoms with Gasteiger partial charge in [0.15, 0.2) is 0 Å². The molecule has 1 atom stereocenters. The highest BCUT2D eigenvalue weighted by atomic mass is 19.1. The van der Waals surface area contributed by atoms with Crippen molar-refractivity contribution in [2.24, 2.45) is 0 Å². The number of urea groups is 1. The van der Waals surface area contributed by atoms with Crippen molar-refractivity contribution in [2.45, 2.75) is 32.4 Å². The first kappa shape index (κ1) is 19.6. The molecular weight excluding hydrogens is 351 g/mol. The molecule has 2 aliphatic heterocycles. The summed E-state index contributed by atoms with van der Waals surface area (Å²) in [5, 5.41) is 2.75. The average molecular weight is 378 g/mol. The van der Waals surface area contributed by atoms with Crippen molar-refractivity contribution in [3.8, 4) is 5.75 Å². The van der Waals surface area contributed by atoms with E-state index in [-0.39, 0.29) is 23.8 Å². The van der Waals surface area contributed by atoms with Crippen molar-refractivity contribution in [3.63, 3.8) is 0 Å². The molecule has 1 aromatic rings. The fourth-order valence-electron chi connectivity index (χ4n) is 3.60. The van der Waals surface area contributed by atoms with E-state index in [0.717, 1.165) is 38.2 Å². The molecule has 0 aromatic heterocycles. The van der Waals surface area contributed by atoms with Gasteiger partial charge in [-0.2, -0.15) is 0 Å². The fourth-order valence-corrected chi connectivity index (χ4v) is 3.60. The highest BCUT2D eigenvalue weighted by Gasteiger charge is 2.38. The van der Waals surface area contributed by atoms with E-state index in [1.54, 1.807) is 13.2 Å². The molecular formula is C19H27FN4O3. The molecule has 27 heavy (non-hydrogen) atoms. The molecule has 2 heterocycles. The zero-order valence-corrected chi connectivity index (χ0v) is 15.9. The number of hydrogen-bond acceptors (Lipinski definition) is 5. The molecule has 0 unspecified atom stereocenters. The first-order valence-electron chi connectivity index (χ1n) is 9.40. The highest BCUT2D eigenvalue weighted by molar-refractivity contribution is 6.04. The number of amides is 3. The van der Waals surface area contributed by atoms with Crippen LogP contribution in [0.25, 0.3) is 0 Å². The third-order valence-electron chi connectivity index (χ3n) is 5.13. The number of halogens is 1. The summed E-state index contributed by atoms with van der Waals surface area (Å²) in [6.07, 6.45) is 1.52. The normalized spacial score (nSPS) is 21.6. The van der Waals surface area contributed by atoms with Gasteiger partial charge in [0.1, 0.15) is 17.6 Å². The van der Waals surface area contributed by atoms with E-state index in [0.29, 0.717) is 25.4 Å². The second-order valence-electron chi connectivity index (χ2n) is 7.05. The van der Waals surface area contributed by atoms with Crippen LogP contribution in [-0.4, -0.2) is 72.6 Å². The van der Waals surface area contributed by atoms with E-state index in [2.05, 4.69) is 15.1 Å². The van der Waals surface area contributed by atoms with Gasteiger partial charge in [-0.15, -0.1) is 0 Å². The molecule has 3 rings (SSSR count). The van der Waals surface area contributed by atoms with Crippen molar-refractivity contribution in [3.05, 3.63) is 29.6 Å². The average Bonchev–Trinajstić information content (AvgIpc) is 2.91. The van der Waals surface area contributed by atoms with Gasteiger partial charge in [0, 0.05) is 38.3 Å². The third-order valence-corrected chi connectivity index (χ3v) is 5.13. The molecule has 0 spiro atoms. The number of methoxy groups -OCH3 is 1. The number of carbonyl (C=O) groups excluding carboxylic acids is 2. The van der Waals surface area contributed by atoms with Crippen molar-refractivity contribution in [2.75, 3.05) is 40.0 Å². The van der Waals surface area contributed by atoms with Gasteiger partial charge in [-0.3, -0.25) is 14.6 Å². The molecule has 0 radical (unpaired) electrons. The van der Waals surface area contributed by atoms with Crippen LogP contribution in [-0.2, 0) is 11.3 Å². The quantitative estimate of drug-likeness (QED) is 0.731. The predicted octanol–water partition coefficient (Wildman–Crippen LogP) is 1.63. The summed E-state index contributed by atoms with van der Waals surface area (Å²) in [6.45, 7) is 5.97. The molecule has 7 nitrogen and oxygen atoms in total. The van der Waals surface area contributed by atoms with Crippen molar-refractivity contribution >= 4 is 11.9 Å². The van der Waals surface area contributed by atoms with Crippen LogP contribution in [0, 0.1) is 5.82 Å². The standard InChI is InChI=1S/C19H27FN4O3/c1-3-4-16-18(25)24(19(26)21-16)13-23-9-7-22(8-10-23)12-14-11-15(20)5-6-17(14)27-2/h5-6,11,16H,3-4,7-10,12-13H2,1-2H3,(H,21,26)/t16-/m0/s1. The summed E-state index contributed by atoms with van der Waals surface area (Å²) in [6, 6.07) is 3.86. The number of rotatable bonds is 7. The monoisotopic (exact) mass is 378 g/mol. The summed E-state index contributed by atoms with van der Waals surface area (Å²) < 4.78 is 18.8. The molecule has 148 valence electrons. The van der Waals surface area contributed by atoms with E-state index in [9.17, 15) is 14.0 Å². The Morgan fingerprint density at radius 1 is 1.19 bits per heavy atom. The van der Waals surface area contributed by atoms with Crippen LogP contribution in [0.2, 0.25) is 0 Å². The Labute approximate surface area is 159 Å². The molecule has 0 saturated carbocycles. The molecule has 1 aromatic carbocycles. The maximum absolute atomic E-state index is 13.5. The lowest BCUT2D eigenvalue weighted by atomic mass is 10.1. The summed E-state index contributed by atoms with van der Waals surface area (Å²) in [5.41, 5.74) is 0.822. The minimum atomic E-state index is -0.385. The zero-order valence-electron chi connectivity index (χ0n) is 15.9. The number of carbonyl (C=O) groups is 2. The molecule has 3 amide bonds. The molecule has 2 fully saturated rings. The van der Waals surface area contributed by atoms with E-state index in [1.165, 1.54) is 17.0 Å². The fraction of sp³-hybridized carbons (Fsp3) is 0.579. The number of hydrogen-bond donors (Lipinski definition) is 1. The maximum Gasteiger partial charge on any atom is 0.325 e. The first-order chi connectivity index (χ1) is 13.0. The van der Waals surface area contributed by atoms with Gasteiger partial charge in [-0.25, -0.2) is 14.1 Å². The second-order valence-corrected chi connectivity index (χ2v) is 7.05. The Balaban J connectivity index is 1.52. The van der Waals surface area contributed by atoms with Crippen molar-refractivity contribution in [1.82, 2.24) is 20.0 Å². The van der Waals surface area contributed by atoms with Crippen LogP contribution in [0.4, 0.5) is 9.18 Å². The van der Waals surface area contributed by atoms with Gasteiger partial charge in [-0.05, 0) is 24.6 Å². The topological polar surface area (TPSA) is 65.1 Å². The largest absolute Gasteiger partial charge is 0.496 e. The van der Waals surface area contributed by atoms with Gasteiger partial charge in [0.25, 0.3) is 5.91 Å². The van der Waals surface area contributed by atoms with E-state index in [4.69, 9.17) is 4.74 Å². The lowest BCUT2D eigenvalue weighted by Crippen LogP contribution is -2.51. The molecule has 2 saturated heterocycles. The summed E-state index contributed by atoms with van der Waals surface area (Å²) in [5.74, 6) is 0.276. The smallest absolute Gasteiger partial charge is 0.325 e. The number of piperazine rings is 1. The van der Waals surface area contributed by atoms with Crippen LogP contribution >= 0.6 is 0 Å². The number of nitrogens with zero attached hydrogens (tertiary/aromatic N) is 3. The van der Waals surface area contributed by atoms with E-state index in [1.807, 2.05) is 6.92 Å². The SMILES string of the molecule is CCC[C@@H]1NC(=O)N(CN2CCN(Cc3cc(F)ccc3OC)CC2)C1=O. The molecule has 8 heteroatoms. The Morgan fingerprint density at radius 2 is 1.89 bits per heavy atom. The molecule has 0 bridgehead atoms. The minimum absolute atomic E-state index is 0.131. The maximum atomic E-state index is 13.5. The molecule has 2 aliphatic rings. The van der Waals surface area contributed by atoms with Crippen LogP contribution in [0.1, 0.15) is 25.3 Å². The van der Waals surface area contributed by atoms with E-state index >= 15 is 0 Å². The van der Waals surface area contributed by atoms with Gasteiger partial charge in [-0.1, -0.05) is 13.3 Å². The Bertz CT molecular complexity index is 692.